The quantitative estimate of drug-likeness (QED) is 0.717. The van der Waals surface area contributed by atoms with Crippen molar-refractivity contribution in [2.45, 2.75) is 26.3 Å². The van der Waals surface area contributed by atoms with Crippen LogP contribution in [0.5, 0.6) is 5.75 Å². The molecule has 3 rings (SSSR count). The normalized spacial score (nSPS) is 15.9. The van der Waals surface area contributed by atoms with E-state index in [9.17, 15) is 4.39 Å². The van der Waals surface area contributed by atoms with Crippen LogP contribution in [-0.4, -0.2) is 25.9 Å². The molecule has 3 nitrogen and oxygen atoms in total. The number of anilines is 1. The first-order chi connectivity index (χ1) is 11.8. The fraction of sp³-hybridized carbons (Fsp3) is 0.286. The molecular formula is C21H23FN2O. The predicted octanol–water partition coefficient (Wildman–Crippen LogP) is 5.22. The molecule has 4 heteroatoms. The van der Waals surface area contributed by atoms with Crippen LogP contribution in [0.2, 0.25) is 0 Å². The molecular weight excluding hydrogens is 315 g/mol. The molecule has 0 aromatic heterocycles. The summed E-state index contributed by atoms with van der Waals surface area (Å²) in [6, 6.07) is 10.9. The highest BCUT2D eigenvalue weighted by Gasteiger charge is 2.29. The lowest BCUT2D eigenvalue weighted by Gasteiger charge is -2.40. The van der Waals surface area contributed by atoms with E-state index in [1.165, 1.54) is 0 Å². The van der Waals surface area contributed by atoms with E-state index in [1.54, 1.807) is 19.4 Å². The van der Waals surface area contributed by atoms with Crippen LogP contribution in [0.3, 0.4) is 0 Å². The Balaban J connectivity index is 2.03. The summed E-state index contributed by atoms with van der Waals surface area (Å²) in [5.41, 5.74) is 4.07. The van der Waals surface area contributed by atoms with Gasteiger partial charge < -0.3 is 9.64 Å². The molecule has 2 aromatic rings. The molecule has 0 N–H and O–H groups in total. The Morgan fingerprint density at radius 1 is 1.20 bits per heavy atom. The molecule has 1 heterocycles. The Hall–Kier alpha value is -2.62. The molecule has 0 aliphatic carbocycles. The minimum absolute atomic E-state index is 0.142. The van der Waals surface area contributed by atoms with Crippen LogP contribution in [0.15, 0.2) is 47.5 Å². The number of methoxy groups -OCH3 is 1. The molecule has 0 saturated carbocycles. The van der Waals surface area contributed by atoms with E-state index >= 15 is 0 Å². The maximum Gasteiger partial charge on any atom is 0.144 e. The van der Waals surface area contributed by atoms with Crippen molar-refractivity contribution in [2.24, 2.45) is 4.99 Å². The molecule has 0 radical (unpaired) electrons. The van der Waals surface area contributed by atoms with Crippen LogP contribution in [0.1, 0.15) is 31.9 Å². The summed E-state index contributed by atoms with van der Waals surface area (Å²) in [6.45, 7) is 6.30. The number of ether oxygens (including phenoxy) is 1. The van der Waals surface area contributed by atoms with Crippen molar-refractivity contribution >= 4 is 23.2 Å². The second-order valence-corrected chi connectivity index (χ2v) is 6.86. The first-order valence-corrected chi connectivity index (χ1v) is 8.28. The largest absolute Gasteiger partial charge is 0.494 e. The second kappa shape index (κ2) is 6.36. The molecule has 1 aliphatic rings. The van der Waals surface area contributed by atoms with Crippen LogP contribution >= 0.6 is 0 Å². The second-order valence-electron chi connectivity index (χ2n) is 6.86. The molecule has 0 unspecified atom stereocenters. The van der Waals surface area contributed by atoms with Gasteiger partial charge in [0, 0.05) is 30.1 Å². The van der Waals surface area contributed by atoms with E-state index < -0.39 is 0 Å². The van der Waals surface area contributed by atoms with Crippen molar-refractivity contribution in [3.63, 3.8) is 0 Å². The molecule has 0 spiro atoms. The van der Waals surface area contributed by atoms with Gasteiger partial charge in [-0.05, 0) is 50.6 Å². The molecule has 0 amide bonds. The standard InChI is InChI=1S/C21H23FN2O/c1-14-12-21(2,3)24(4)19-11-17(22)15(10-16(14)19)13-23-18-8-6-7-9-20(18)25-5/h6-13H,1-5H3. The van der Waals surface area contributed by atoms with E-state index in [2.05, 4.69) is 36.7 Å². The molecule has 25 heavy (non-hydrogen) atoms. The van der Waals surface area contributed by atoms with E-state index in [-0.39, 0.29) is 11.4 Å². The van der Waals surface area contributed by atoms with Gasteiger partial charge in [0.2, 0.25) is 0 Å². The van der Waals surface area contributed by atoms with Crippen LogP contribution in [0, 0.1) is 5.82 Å². The minimum Gasteiger partial charge on any atom is -0.494 e. The molecule has 1 aliphatic heterocycles. The minimum atomic E-state index is -0.283. The number of nitrogens with zero attached hydrogens (tertiary/aromatic N) is 2. The van der Waals surface area contributed by atoms with Gasteiger partial charge in [-0.25, -0.2) is 4.39 Å². The summed E-state index contributed by atoms with van der Waals surface area (Å²) < 4.78 is 19.9. The smallest absolute Gasteiger partial charge is 0.144 e. The number of rotatable bonds is 3. The third-order valence-electron chi connectivity index (χ3n) is 4.76. The fourth-order valence-corrected chi connectivity index (χ4v) is 3.16. The number of benzene rings is 2. The number of para-hydroxylation sites is 2. The highest BCUT2D eigenvalue weighted by atomic mass is 19.1. The molecule has 2 aromatic carbocycles. The summed E-state index contributed by atoms with van der Waals surface area (Å²) >= 11 is 0. The maximum absolute atomic E-state index is 14.6. The monoisotopic (exact) mass is 338 g/mol. The first-order valence-electron chi connectivity index (χ1n) is 8.28. The van der Waals surface area contributed by atoms with Crippen molar-refractivity contribution in [1.82, 2.24) is 0 Å². The number of allylic oxidation sites excluding steroid dienone is 1. The third-order valence-corrected chi connectivity index (χ3v) is 4.76. The average molecular weight is 338 g/mol. The fourth-order valence-electron chi connectivity index (χ4n) is 3.16. The Labute approximate surface area is 148 Å². The molecule has 0 fully saturated rings. The van der Waals surface area contributed by atoms with Gasteiger partial charge in [-0.3, -0.25) is 4.99 Å². The van der Waals surface area contributed by atoms with Gasteiger partial charge in [-0.15, -0.1) is 0 Å². The summed E-state index contributed by atoms with van der Waals surface area (Å²) in [6.07, 6.45) is 3.76. The van der Waals surface area contributed by atoms with Gasteiger partial charge in [0.15, 0.2) is 0 Å². The van der Waals surface area contributed by atoms with Gasteiger partial charge >= 0.3 is 0 Å². The maximum atomic E-state index is 14.6. The summed E-state index contributed by atoms with van der Waals surface area (Å²) in [5.74, 6) is 0.379. The molecule has 0 bridgehead atoms. The van der Waals surface area contributed by atoms with Crippen molar-refractivity contribution < 1.29 is 9.13 Å². The Bertz CT molecular complexity index is 868. The van der Waals surface area contributed by atoms with Gasteiger partial charge in [-0.2, -0.15) is 0 Å². The number of hydrogen-bond acceptors (Lipinski definition) is 3. The highest BCUT2D eigenvalue weighted by molar-refractivity contribution is 5.89. The highest BCUT2D eigenvalue weighted by Crippen LogP contribution is 2.39. The zero-order chi connectivity index (χ0) is 18.2. The summed E-state index contributed by atoms with van der Waals surface area (Å²) in [5, 5.41) is 0. The molecule has 0 saturated heterocycles. The number of fused-ring (bicyclic) bond motifs is 1. The Morgan fingerprint density at radius 3 is 2.64 bits per heavy atom. The van der Waals surface area contributed by atoms with Crippen LogP contribution < -0.4 is 9.64 Å². The topological polar surface area (TPSA) is 24.8 Å². The van der Waals surface area contributed by atoms with Crippen molar-refractivity contribution in [3.05, 3.63) is 59.4 Å². The Morgan fingerprint density at radius 2 is 1.92 bits per heavy atom. The van der Waals surface area contributed by atoms with Crippen molar-refractivity contribution in [1.29, 1.82) is 0 Å². The number of hydrogen-bond donors (Lipinski definition) is 0. The van der Waals surface area contributed by atoms with E-state index in [1.807, 2.05) is 37.4 Å². The predicted molar refractivity (Wildman–Crippen MR) is 103 cm³/mol. The third kappa shape index (κ3) is 3.16. The van der Waals surface area contributed by atoms with Gasteiger partial charge in [-0.1, -0.05) is 18.2 Å². The van der Waals surface area contributed by atoms with Crippen molar-refractivity contribution in [2.75, 3.05) is 19.1 Å². The zero-order valence-electron chi connectivity index (χ0n) is 15.3. The lowest BCUT2D eigenvalue weighted by molar-refractivity contribution is 0.416. The SMILES string of the molecule is COc1ccccc1N=Cc1cc2c(cc1F)N(C)C(C)(C)C=C2C. The Kier molecular flexibility index (Phi) is 4.38. The van der Waals surface area contributed by atoms with Crippen molar-refractivity contribution in [3.8, 4) is 5.75 Å². The number of halogens is 1. The number of aliphatic imine (C=N–C) groups is 1. The summed E-state index contributed by atoms with van der Waals surface area (Å²) in [7, 11) is 3.59. The zero-order valence-corrected chi connectivity index (χ0v) is 15.3. The number of likely N-dealkylation sites (N-methyl/N-ethyl adjacent to an activating group) is 1. The van der Waals surface area contributed by atoms with Gasteiger partial charge in [0.05, 0.1) is 12.6 Å². The van der Waals surface area contributed by atoms with E-state index in [4.69, 9.17) is 4.74 Å². The first kappa shape index (κ1) is 17.2. The lowest BCUT2D eigenvalue weighted by atomic mass is 9.88. The van der Waals surface area contributed by atoms with E-state index in [0.717, 1.165) is 16.8 Å². The van der Waals surface area contributed by atoms with Gasteiger partial charge in [0.25, 0.3) is 0 Å². The summed E-state index contributed by atoms with van der Waals surface area (Å²) in [4.78, 5) is 6.50. The molecule has 0 atom stereocenters. The van der Waals surface area contributed by atoms with Gasteiger partial charge in [0.1, 0.15) is 17.3 Å². The molecule has 130 valence electrons. The van der Waals surface area contributed by atoms with E-state index in [0.29, 0.717) is 17.0 Å². The van der Waals surface area contributed by atoms with Crippen LogP contribution in [0.25, 0.3) is 5.57 Å². The lowest BCUT2D eigenvalue weighted by Crippen LogP contribution is -2.42. The average Bonchev–Trinajstić information content (AvgIpc) is 2.58. The van der Waals surface area contributed by atoms with Crippen LogP contribution in [-0.2, 0) is 0 Å². The van der Waals surface area contributed by atoms with Crippen LogP contribution in [0.4, 0.5) is 15.8 Å².